The molecular weight excluding hydrogens is 258 g/mol. The highest BCUT2D eigenvalue weighted by atomic mass is 35.5. The van der Waals surface area contributed by atoms with Gasteiger partial charge in [0, 0.05) is 11.9 Å². The number of halogens is 1. The molecule has 4 aliphatic carbocycles. The van der Waals surface area contributed by atoms with Crippen LogP contribution in [0.25, 0.3) is 0 Å². The molecule has 3 atom stereocenters. The lowest BCUT2D eigenvalue weighted by atomic mass is 9.44. The smallest absolute Gasteiger partial charge is 0.226 e. The van der Waals surface area contributed by atoms with E-state index in [1.807, 2.05) is 0 Å². The van der Waals surface area contributed by atoms with Gasteiger partial charge in [0.05, 0.1) is 5.41 Å². The van der Waals surface area contributed by atoms with Gasteiger partial charge in [-0.1, -0.05) is 6.92 Å². The van der Waals surface area contributed by atoms with Crippen LogP contribution in [0.5, 0.6) is 0 Å². The predicted octanol–water partition coefficient (Wildman–Crippen LogP) is 3.73. The van der Waals surface area contributed by atoms with Crippen LogP contribution in [0.4, 0.5) is 0 Å². The molecule has 0 spiro atoms. The maximum atomic E-state index is 12.8. The summed E-state index contributed by atoms with van der Waals surface area (Å²) < 4.78 is 0. The lowest BCUT2D eigenvalue weighted by Crippen LogP contribution is -2.57. The Morgan fingerprint density at radius 2 is 1.95 bits per heavy atom. The van der Waals surface area contributed by atoms with Crippen molar-refractivity contribution < 1.29 is 4.79 Å². The molecular formula is C16H26ClNO. The lowest BCUT2D eigenvalue weighted by Gasteiger charge is -2.60. The molecule has 0 radical (unpaired) electrons. The third-order valence-electron chi connectivity index (χ3n) is 5.75. The molecule has 0 heterocycles. The number of carbonyl (C=O) groups excluding carboxylic acids is 1. The van der Waals surface area contributed by atoms with E-state index in [-0.39, 0.29) is 11.5 Å². The zero-order chi connectivity index (χ0) is 13.7. The van der Waals surface area contributed by atoms with E-state index in [2.05, 4.69) is 19.2 Å². The molecule has 1 N–H and O–H groups in total. The number of hydrogen-bond donors (Lipinski definition) is 1. The molecule has 2 nitrogen and oxygen atoms in total. The topological polar surface area (TPSA) is 29.1 Å². The van der Waals surface area contributed by atoms with Crippen LogP contribution in [0.1, 0.15) is 58.8 Å². The second-order valence-corrected chi connectivity index (χ2v) is 8.28. The first-order chi connectivity index (χ1) is 8.95. The second kappa shape index (κ2) is 4.65. The fraction of sp³-hybridized carbons (Fsp3) is 0.938. The van der Waals surface area contributed by atoms with Crippen molar-refractivity contribution in [2.24, 2.45) is 22.7 Å². The fourth-order valence-electron chi connectivity index (χ4n) is 5.60. The molecule has 0 saturated heterocycles. The van der Waals surface area contributed by atoms with Crippen molar-refractivity contribution in [1.82, 2.24) is 5.32 Å². The Morgan fingerprint density at radius 1 is 1.32 bits per heavy atom. The number of rotatable bonds is 4. The van der Waals surface area contributed by atoms with Crippen molar-refractivity contribution in [3.05, 3.63) is 0 Å². The first-order valence-electron chi connectivity index (χ1n) is 7.82. The van der Waals surface area contributed by atoms with Crippen LogP contribution < -0.4 is 5.32 Å². The summed E-state index contributed by atoms with van der Waals surface area (Å²) in [6.07, 6.45) is 8.35. The zero-order valence-corrected chi connectivity index (χ0v) is 12.9. The normalized spacial score (nSPS) is 45.2. The summed E-state index contributed by atoms with van der Waals surface area (Å²) in [7, 11) is 0. The Kier molecular flexibility index (Phi) is 3.36. The van der Waals surface area contributed by atoms with Gasteiger partial charge in [0.2, 0.25) is 5.91 Å². The summed E-state index contributed by atoms with van der Waals surface area (Å²) in [6, 6.07) is 0.214. The highest BCUT2D eigenvalue weighted by Crippen LogP contribution is 2.65. The average molecular weight is 284 g/mol. The van der Waals surface area contributed by atoms with Crippen molar-refractivity contribution in [2.75, 3.05) is 5.88 Å². The van der Waals surface area contributed by atoms with Crippen molar-refractivity contribution >= 4 is 17.5 Å². The average Bonchev–Trinajstić information content (AvgIpc) is 2.25. The molecule has 0 aliphatic heterocycles. The van der Waals surface area contributed by atoms with Crippen molar-refractivity contribution in [2.45, 2.75) is 64.8 Å². The van der Waals surface area contributed by atoms with Crippen molar-refractivity contribution in [3.63, 3.8) is 0 Å². The summed E-state index contributed by atoms with van der Waals surface area (Å²) >= 11 is 5.77. The van der Waals surface area contributed by atoms with Crippen LogP contribution in [0.2, 0.25) is 0 Å². The molecule has 0 aromatic heterocycles. The van der Waals surface area contributed by atoms with Crippen LogP contribution in [0, 0.1) is 22.7 Å². The van der Waals surface area contributed by atoms with Gasteiger partial charge in [-0.25, -0.2) is 0 Å². The fourth-order valence-corrected chi connectivity index (χ4v) is 5.93. The van der Waals surface area contributed by atoms with E-state index in [9.17, 15) is 4.79 Å². The number of hydrogen-bond acceptors (Lipinski definition) is 1. The SMILES string of the molecule is CC(CCCl)NC(=O)C12CC3CC(CC(C)(C3)C1)C2. The third-order valence-corrected chi connectivity index (χ3v) is 5.97. The van der Waals surface area contributed by atoms with Crippen LogP contribution in [0.3, 0.4) is 0 Å². The number of amides is 1. The van der Waals surface area contributed by atoms with Gasteiger partial charge in [-0.15, -0.1) is 11.6 Å². The molecule has 0 aromatic carbocycles. The minimum atomic E-state index is -0.0423. The Balaban J connectivity index is 1.74. The van der Waals surface area contributed by atoms with Crippen LogP contribution in [-0.4, -0.2) is 17.8 Å². The molecule has 4 fully saturated rings. The number of alkyl halides is 1. The van der Waals surface area contributed by atoms with Gasteiger partial charge < -0.3 is 5.32 Å². The van der Waals surface area contributed by atoms with E-state index >= 15 is 0 Å². The largest absolute Gasteiger partial charge is 0.353 e. The molecule has 4 bridgehead atoms. The Hall–Kier alpha value is -0.240. The molecule has 0 aromatic rings. The Bertz CT molecular complexity index is 367. The Labute approximate surface area is 121 Å². The van der Waals surface area contributed by atoms with Crippen LogP contribution in [-0.2, 0) is 4.79 Å². The standard InChI is InChI=1S/C16H26ClNO/c1-11(3-4-17)18-14(19)16-8-12-5-13(9-16)7-15(2,6-12)10-16/h11-13H,3-10H2,1-2H3,(H,18,19). The molecule has 3 unspecified atom stereocenters. The summed E-state index contributed by atoms with van der Waals surface area (Å²) in [6.45, 7) is 4.48. The molecule has 4 saturated carbocycles. The first kappa shape index (κ1) is 13.7. The maximum Gasteiger partial charge on any atom is 0.226 e. The van der Waals surface area contributed by atoms with E-state index < -0.39 is 0 Å². The van der Waals surface area contributed by atoms with Gasteiger partial charge in [0.25, 0.3) is 0 Å². The first-order valence-corrected chi connectivity index (χ1v) is 8.35. The quantitative estimate of drug-likeness (QED) is 0.783. The summed E-state index contributed by atoms with van der Waals surface area (Å²) in [5, 5.41) is 3.23. The van der Waals surface area contributed by atoms with Crippen LogP contribution >= 0.6 is 11.6 Å². The minimum absolute atomic E-state index is 0.0423. The van der Waals surface area contributed by atoms with Gasteiger partial charge in [-0.2, -0.15) is 0 Å². The van der Waals surface area contributed by atoms with E-state index in [1.54, 1.807) is 0 Å². The highest BCUT2D eigenvalue weighted by Gasteiger charge is 2.58. The second-order valence-electron chi connectivity index (χ2n) is 7.90. The van der Waals surface area contributed by atoms with E-state index in [0.717, 1.165) is 37.5 Å². The van der Waals surface area contributed by atoms with E-state index in [1.165, 1.54) is 19.3 Å². The molecule has 4 rings (SSSR count). The third kappa shape index (κ3) is 2.41. The van der Waals surface area contributed by atoms with E-state index in [0.29, 0.717) is 17.2 Å². The van der Waals surface area contributed by atoms with Gasteiger partial charge in [0.15, 0.2) is 0 Å². The number of carbonyl (C=O) groups is 1. The monoisotopic (exact) mass is 283 g/mol. The molecule has 19 heavy (non-hydrogen) atoms. The molecule has 3 heteroatoms. The van der Waals surface area contributed by atoms with E-state index in [4.69, 9.17) is 11.6 Å². The maximum absolute atomic E-state index is 12.8. The highest BCUT2D eigenvalue weighted by molar-refractivity contribution is 6.17. The van der Waals surface area contributed by atoms with Crippen molar-refractivity contribution in [3.8, 4) is 0 Å². The van der Waals surface area contributed by atoms with Crippen molar-refractivity contribution in [1.29, 1.82) is 0 Å². The number of nitrogens with one attached hydrogen (secondary N) is 1. The molecule has 1 amide bonds. The van der Waals surface area contributed by atoms with Gasteiger partial charge in [0.1, 0.15) is 0 Å². The lowest BCUT2D eigenvalue weighted by molar-refractivity contribution is -0.155. The zero-order valence-electron chi connectivity index (χ0n) is 12.2. The van der Waals surface area contributed by atoms with Crippen LogP contribution in [0.15, 0.2) is 0 Å². The molecule has 4 aliphatic rings. The minimum Gasteiger partial charge on any atom is -0.353 e. The van der Waals surface area contributed by atoms with Gasteiger partial charge in [-0.3, -0.25) is 4.79 Å². The summed E-state index contributed by atoms with van der Waals surface area (Å²) in [5.41, 5.74) is 0.399. The Morgan fingerprint density at radius 3 is 2.47 bits per heavy atom. The summed E-state index contributed by atoms with van der Waals surface area (Å²) in [5.74, 6) is 2.56. The molecule has 108 valence electrons. The summed E-state index contributed by atoms with van der Waals surface area (Å²) in [4.78, 5) is 12.8. The van der Waals surface area contributed by atoms with Gasteiger partial charge >= 0.3 is 0 Å². The van der Waals surface area contributed by atoms with Gasteiger partial charge in [-0.05, 0) is 69.1 Å². The predicted molar refractivity (Wildman–Crippen MR) is 78.2 cm³/mol.